The van der Waals surface area contributed by atoms with Gasteiger partial charge >= 0.3 is 0 Å². The summed E-state index contributed by atoms with van der Waals surface area (Å²) in [7, 11) is 3.03. The quantitative estimate of drug-likeness (QED) is 0.347. The number of nitrogens with one attached hydrogen (secondary N) is 1. The van der Waals surface area contributed by atoms with E-state index in [0.29, 0.717) is 27.8 Å². The molecule has 1 rings (SSSR count). The Morgan fingerprint density at radius 3 is 2.54 bits per heavy atom. The van der Waals surface area contributed by atoms with Crippen LogP contribution in [0.5, 0.6) is 11.5 Å². The Labute approximate surface area is 152 Å². The van der Waals surface area contributed by atoms with E-state index in [4.69, 9.17) is 21.1 Å². The minimum absolute atomic E-state index is 0.159. The van der Waals surface area contributed by atoms with Crippen molar-refractivity contribution in [3.05, 3.63) is 59.3 Å². The minimum atomic E-state index is -0.364. The predicted molar refractivity (Wildman–Crippen MR) is 101 cm³/mol. The van der Waals surface area contributed by atoms with Gasteiger partial charge in [0.15, 0.2) is 16.7 Å². The van der Waals surface area contributed by atoms with Crippen LogP contribution in [0.4, 0.5) is 0 Å². The highest BCUT2D eigenvalue weighted by Gasteiger charge is 2.11. The molecular weight excluding hydrogens is 348 g/mol. The highest BCUT2D eigenvalue weighted by atomic mass is 35.5. The van der Waals surface area contributed by atoms with Crippen molar-refractivity contribution in [2.45, 2.75) is 6.92 Å². The normalized spacial score (nSPS) is 12.6. The molecule has 7 heteroatoms. The lowest BCUT2D eigenvalue weighted by Crippen LogP contribution is -2.27. The van der Waals surface area contributed by atoms with Crippen LogP contribution in [0.2, 0.25) is 0 Å². The van der Waals surface area contributed by atoms with E-state index in [1.807, 2.05) is 0 Å². The van der Waals surface area contributed by atoms with Gasteiger partial charge in [-0.05, 0) is 37.3 Å². The molecule has 24 heavy (non-hydrogen) atoms. The van der Waals surface area contributed by atoms with Crippen LogP contribution in [0.1, 0.15) is 17.3 Å². The number of rotatable bonds is 6. The number of amidine groups is 1. The molecular formula is C17H19ClN2O3S. The van der Waals surface area contributed by atoms with Gasteiger partial charge in [-0.3, -0.25) is 4.79 Å². The summed E-state index contributed by atoms with van der Waals surface area (Å²) in [6.07, 6.45) is 4.84. The summed E-state index contributed by atoms with van der Waals surface area (Å²) >= 11 is 9.96. The van der Waals surface area contributed by atoms with Crippen LogP contribution in [0.15, 0.2) is 58.7 Å². The molecule has 1 aromatic rings. The van der Waals surface area contributed by atoms with Crippen molar-refractivity contribution in [1.82, 2.24) is 5.32 Å². The van der Waals surface area contributed by atoms with Gasteiger partial charge in [-0.25, -0.2) is 4.99 Å². The number of carbonyl (C=O) groups excluding carboxylic acids is 1. The number of amides is 1. The Balaban J connectivity index is 2.87. The zero-order valence-corrected chi connectivity index (χ0v) is 15.3. The molecule has 0 aliphatic heterocycles. The molecule has 0 bridgehead atoms. The molecule has 0 saturated carbocycles. The van der Waals surface area contributed by atoms with E-state index >= 15 is 0 Å². The Hall–Kier alpha value is -2.18. The summed E-state index contributed by atoms with van der Waals surface area (Å²) < 4.78 is 10.3. The number of methoxy groups -OCH3 is 2. The van der Waals surface area contributed by atoms with Crippen molar-refractivity contribution in [3.8, 4) is 11.5 Å². The number of halogens is 1. The van der Waals surface area contributed by atoms with Gasteiger partial charge in [-0.2, -0.15) is 0 Å². The molecule has 0 saturated heterocycles. The maximum Gasteiger partial charge on any atom is 0.257 e. The van der Waals surface area contributed by atoms with E-state index < -0.39 is 0 Å². The van der Waals surface area contributed by atoms with Crippen LogP contribution < -0.4 is 14.8 Å². The average molecular weight is 367 g/mol. The summed E-state index contributed by atoms with van der Waals surface area (Å²) in [4.78, 5) is 16.4. The van der Waals surface area contributed by atoms with E-state index in [0.717, 1.165) is 0 Å². The molecule has 0 aliphatic rings. The van der Waals surface area contributed by atoms with Crippen LogP contribution in [0.3, 0.4) is 0 Å². The summed E-state index contributed by atoms with van der Waals surface area (Å²) in [6, 6.07) is 4.84. The molecule has 1 N–H and O–H groups in total. The SMILES string of the molecule is C=C\C(Cl)=C/C=C(C)/N=C(\S)NC(=O)c1ccc(OC)c(OC)c1. The monoisotopic (exact) mass is 366 g/mol. The van der Waals surface area contributed by atoms with Gasteiger partial charge in [-0.15, -0.1) is 12.6 Å². The van der Waals surface area contributed by atoms with Crippen molar-refractivity contribution < 1.29 is 14.3 Å². The van der Waals surface area contributed by atoms with Gasteiger partial charge in [0.05, 0.1) is 14.2 Å². The summed E-state index contributed by atoms with van der Waals surface area (Å²) in [5, 5.41) is 3.23. The van der Waals surface area contributed by atoms with Gasteiger partial charge in [0, 0.05) is 16.3 Å². The van der Waals surface area contributed by atoms with Gasteiger partial charge in [-0.1, -0.05) is 24.3 Å². The number of aliphatic imine (C=N–C) groups is 1. The zero-order chi connectivity index (χ0) is 18.1. The fraction of sp³-hybridized carbons (Fsp3) is 0.176. The molecule has 0 aromatic heterocycles. The Kier molecular flexibility index (Phi) is 8.15. The van der Waals surface area contributed by atoms with Crippen molar-refractivity contribution >= 4 is 35.3 Å². The van der Waals surface area contributed by atoms with Gasteiger partial charge in [0.2, 0.25) is 0 Å². The summed E-state index contributed by atoms with van der Waals surface area (Å²) in [6.45, 7) is 5.29. The van der Waals surface area contributed by atoms with E-state index in [2.05, 4.69) is 29.5 Å². The third-order valence-electron chi connectivity index (χ3n) is 2.83. The van der Waals surface area contributed by atoms with Crippen molar-refractivity contribution in [1.29, 1.82) is 0 Å². The number of benzene rings is 1. The van der Waals surface area contributed by atoms with Crippen LogP contribution in [-0.4, -0.2) is 25.3 Å². The van der Waals surface area contributed by atoms with Gasteiger partial charge in [0.25, 0.3) is 5.91 Å². The molecule has 0 atom stereocenters. The standard InChI is InChI=1S/C17H19ClN2O3S/c1-5-13(18)8-6-11(2)19-17(24)20-16(21)12-7-9-14(22-3)15(10-12)23-4/h5-10H,1H2,2-4H3,(H2,19,20,21,24)/b11-6+,13-8+. The predicted octanol–water partition coefficient (Wildman–Crippen LogP) is 3.93. The average Bonchev–Trinajstić information content (AvgIpc) is 2.58. The second-order valence-corrected chi connectivity index (χ2v) is 5.38. The molecule has 128 valence electrons. The first kappa shape index (κ1) is 19.9. The Morgan fingerprint density at radius 2 is 1.96 bits per heavy atom. The molecule has 0 aliphatic carbocycles. The second-order valence-electron chi connectivity index (χ2n) is 4.52. The molecule has 0 spiro atoms. The number of hydrogen-bond acceptors (Lipinski definition) is 4. The molecule has 1 aromatic carbocycles. The molecule has 5 nitrogen and oxygen atoms in total. The van der Waals surface area contributed by atoms with E-state index in [-0.39, 0.29) is 11.1 Å². The lowest BCUT2D eigenvalue weighted by Gasteiger charge is -2.09. The molecule has 0 unspecified atom stereocenters. The van der Waals surface area contributed by atoms with Gasteiger partial charge in [0.1, 0.15) is 0 Å². The molecule has 0 radical (unpaired) electrons. The van der Waals surface area contributed by atoms with Crippen LogP contribution in [0, 0.1) is 0 Å². The molecule has 0 fully saturated rings. The second kappa shape index (κ2) is 9.85. The maximum atomic E-state index is 12.2. The molecule has 1 amide bonds. The third-order valence-corrected chi connectivity index (χ3v) is 3.32. The Bertz CT molecular complexity index is 712. The van der Waals surface area contributed by atoms with Crippen molar-refractivity contribution in [2.24, 2.45) is 4.99 Å². The van der Waals surface area contributed by atoms with Crippen LogP contribution in [-0.2, 0) is 0 Å². The highest BCUT2D eigenvalue weighted by molar-refractivity contribution is 7.96. The van der Waals surface area contributed by atoms with Crippen molar-refractivity contribution in [3.63, 3.8) is 0 Å². The smallest absolute Gasteiger partial charge is 0.257 e. The number of nitrogens with zero attached hydrogens (tertiary/aromatic N) is 1. The number of allylic oxidation sites excluding steroid dienone is 5. The lowest BCUT2D eigenvalue weighted by atomic mass is 10.2. The fourth-order valence-corrected chi connectivity index (χ4v) is 1.97. The topological polar surface area (TPSA) is 59.9 Å². The zero-order valence-electron chi connectivity index (χ0n) is 13.7. The Morgan fingerprint density at radius 1 is 1.29 bits per heavy atom. The van der Waals surface area contributed by atoms with Crippen LogP contribution in [0.25, 0.3) is 0 Å². The summed E-state index contributed by atoms with van der Waals surface area (Å²) in [5.41, 5.74) is 1.01. The first-order valence-electron chi connectivity index (χ1n) is 6.88. The van der Waals surface area contributed by atoms with Gasteiger partial charge < -0.3 is 14.8 Å². The fourth-order valence-electron chi connectivity index (χ4n) is 1.65. The minimum Gasteiger partial charge on any atom is -0.493 e. The number of thiol groups is 1. The largest absolute Gasteiger partial charge is 0.493 e. The van der Waals surface area contributed by atoms with Crippen molar-refractivity contribution in [2.75, 3.05) is 14.2 Å². The van der Waals surface area contributed by atoms with Crippen LogP contribution >= 0.6 is 24.2 Å². The number of carbonyl (C=O) groups is 1. The number of hydrogen-bond donors (Lipinski definition) is 2. The van der Waals surface area contributed by atoms with E-state index in [1.54, 1.807) is 37.3 Å². The lowest BCUT2D eigenvalue weighted by molar-refractivity contribution is 0.0977. The molecule has 0 heterocycles. The summed E-state index contributed by atoms with van der Waals surface area (Å²) in [5.74, 6) is 0.638. The number of ether oxygens (including phenoxy) is 2. The van der Waals surface area contributed by atoms with E-state index in [9.17, 15) is 4.79 Å². The first-order chi connectivity index (χ1) is 11.4. The third kappa shape index (κ3) is 6.14. The highest BCUT2D eigenvalue weighted by Crippen LogP contribution is 2.27. The maximum absolute atomic E-state index is 12.2. The van der Waals surface area contributed by atoms with E-state index in [1.165, 1.54) is 20.3 Å². The first-order valence-corrected chi connectivity index (χ1v) is 7.71.